The van der Waals surface area contributed by atoms with Crippen molar-refractivity contribution >= 4 is 17.3 Å². The normalized spacial score (nSPS) is 19.9. The van der Waals surface area contributed by atoms with E-state index in [2.05, 4.69) is 0 Å². The zero-order valence-electron chi connectivity index (χ0n) is 11.2. The number of rotatable bonds is 3. The van der Waals surface area contributed by atoms with Crippen LogP contribution >= 0.6 is 0 Å². The quantitative estimate of drug-likeness (QED) is 0.487. The third-order valence-corrected chi connectivity index (χ3v) is 3.70. The summed E-state index contributed by atoms with van der Waals surface area (Å²) in [4.78, 5) is 24.2. The minimum absolute atomic E-state index is 0.0406. The predicted octanol–water partition coefficient (Wildman–Crippen LogP) is 1.02. The third kappa shape index (κ3) is 2.57. The number of likely N-dealkylation sites (tertiary alicyclic amines) is 1. The van der Waals surface area contributed by atoms with Crippen molar-refractivity contribution in [3.05, 3.63) is 33.9 Å². The van der Waals surface area contributed by atoms with E-state index in [0.717, 1.165) is 6.42 Å². The number of nitro benzene ring substituents is 1. The molecule has 0 bridgehead atoms. The van der Waals surface area contributed by atoms with Crippen molar-refractivity contribution in [3.8, 4) is 0 Å². The number of carbonyl (C=O) groups excluding carboxylic acids is 1. The average molecular weight is 279 g/mol. The molecule has 0 radical (unpaired) electrons. The molecule has 1 heterocycles. The second-order valence-corrected chi connectivity index (χ2v) is 5.04. The van der Waals surface area contributed by atoms with E-state index in [1.165, 1.54) is 18.2 Å². The lowest BCUT2D eigenvalue weighted by Gasteiger charge is -2.18. The second-order valence-electron chi connectivity index (χ2n) is 5.04. The molecule has 1 aliphatic rings. The molecule has 1 amide bonds. The molecule has 0 spiro atoms. The molecule has 1 aromatic rings. The standard InChI is InChI=1S/C13H17N3O4/c1-8(17)9-5-6-15(7-9)13(18)10-3-2-4-11(12(10)14)16(19)20/h2-4,8-9,17H,5-7,14H2,1H3. The SMILES string of the molecule is CC(O)C1CCN(C(=O)c2cccc([N+](=O)[O-])c2N)C1. The highest BCUT2D eigenvalue weighted by Crippen LogP contribution is 2.28. The molecule has 7 heteroatoms. The summed E-state index contributed by atoms with van der Waals surface area (Å²) in [5.41, 5.74) is 5.48. The molecule has 20 heavy (non-hydrogen) atoms. The van der Waals surface area contributed by atoms with Gasteiger partial charge in [0.15, 0.2) is 0 Å². The molecule has 0 aliphatic carbocycles. The summed E-state index contributed by atoms with van der Waals surface area (Å²) < 4.78 is 0. The van der Waals surface area contributed by atoms with Gasteiger partial charge in [0.1, 0.15) is 5.69 Å². The number of nitrogens with two attached hydrogens (primary N) is 1. The number of carbonyl (C=O) groups is 1. The van der Waals surface area contributed by atoms with Crippen LogP contribution in [0.2, 0.25) is 0 Å². The van der Waals surface area contributed by atoms with Gasteiger partial charge in [0, 0.05) is 25.1 Å². The van der Waals surface area contributed by atoms with Crippen LogP contribution in [0.5, 0.6) is 0 Å². The Balaban J connectivity index is 2.23. The van der Waals surface area contributed by atoms with Crippen molar-refractivity contribution < 1.29 is 14.8 Å². The van der Waals surface area contributed by atoms with E-state index < -0.39 is 11.0 Å². The maximum atomic E-state index is 12.4. The average Bonchev–Trinajstić information content (AvgIpc) is 2.87. The van der Waals surface area contributed by atoms with Crippen molar-refractivity contribution in [1.82, 2.24) is 4.90 Å². The van der Waals surface area contributed by atoms with Crippen molar-refractivity contribution in [2.45, 2.75) is 19.4 Å². The van der Waals surface area contributed by atoms with E-state index in [-0.39, 0.29) is 28.8 Å². The summed E-state index contributed by atoms with van der Waals surface area (Å²) in [6, 6.07) is 4.21. The number of hydrogen-bond donors (Lipinski definition) is 2. The van der Waals surface area contributed by atoms with E-state index in [0.29, 0.717) is 13.1 Å². The molecule has 108 valence electrons. The smallest absolute Gasteiger partial charge is 0.292 e. The first-order chi connectivity index (χ1) is 9.41. The molecule has 2 atom stereocenters. The van der Waals surface area contributed by atoms with Crippen molar-refractivity contribution in [1.29, 1.82) is 0 Å². The van der Waals surface area contributed by atoms with Crippen molar-refractivity contribution in [2.75, 3.05) is 18.8 Å². The number of aliphatic hydroxyl groups excluding tert-OH is 1. The summed E-state index contributed by atoms with van der Waals surface area (Å²) in [5.74, 6) is -0.284. The topological polar surface area (TPSA) is 110 Å². The molecule has 0 aromatic heterocycles. The second kappa shape index (κ2) is 5.46. The van der Waals surface area contributed by atoms with Gasteiger partial charge in [-0.1, -0.05) is 6.07 Å². The largest absolute Gasteiger partial charge is 0.393 e. The highest BCUT2D eigenvalue weighted by atomic mass is 16.6. The number of para-hydroxylation sites is 1. The number of nitrogen functional groups attached to an aromatic ring is 1. The lowest BCUT2D eigenvalue weighted by atomic mass is 10.0. The van der Waals surface area contributed by atoms with E-state index in [1.807, 2.05) is 0 Å². The molecule has 2 rings (SSSR count). The van der Waals surface area contributed by atoms with Gasteiger partial charge in [-0.3, -0.25) is 14.9 Å². The Kier molecular flexibility index (Phi) is 3.89. The van der Waals surface area contributed by atoms with Gasteiger partial charge in [0.05, 0.1) is 16.6 Å². The summed E-state index contributed by atoms with van der Waals surface area (Å²) in [5, 5.41) is 20.4. The van der Waals surface area contributed by atoms with E-state index in [1.54, 1.807) is 11.8 Å². The molecule has 3 N–H and O–H groups in total. The van der Waals surface area contributed by atoms with Gasteiger partial charge in [-0.15, -0.1) is 0 Å². The summed E-state index contributed by atoms with van der Waals surface area (Å²) in [6.45, 7) is 2.66. The third-order valence-electron chi connectivity index (χ3n) is 3.70. The molecular weight excluding hydrogens is 262 g/mol. The first-order valence-corrected chi connectivity index (χ1v) is 6.42. The molecule has 1 saturated heterocycles. The van der Waals surface area contributed by atoms with Crippen LogP contribution in [0.1, 0.15) is 23.7 Å². The molecular formula is C13H17N3O4. The first kappa shape index (κ1) is 14.3. The fourth-order valence-electron chi connectivity index (χ4n) is 2.43. The zero-order chi connectivity index (χ0) is 14.9. The number of anilines is 1. The Morgan fingerprint density at radius 1 is 1.60 bits per heavy atom. The van der Waals surface area contributed by atoms with Gasteiger partial charge in [-0.2, -0.15) is 0 Å². The highest BCUT2D eigenvalue weighted by Gasteiger charge is 2.31. The lowest BCUT2D eigenvalue weighted by molar-refractivity contribution is -0.383. The van der Waals surface area contributed by atoms with Crippen LogP contribution < -0.4 is 5.73 Å². The summed E-state index contributed by atoms with van der Waals surface area (Å²) >= 11 is 0. The summed E-state index contributed by atoms with van der Waals surface area (Å²) in [6.07, 6.45) is 0.244. The van der Waals surface area contributed by atoms with E-state index in [9.17, 15) is 20.0 Å². The lowest BCUT2D eigenvalue weighted by Crippen LogP contribution is -2.31. The molecule has 0 saturated carbocycles. The van der Waals surface area contributed by atoms with E-state index in [4.69, 9.17) is 5.73 Å². The van der Waals surface area contributed by atoms with Gasteiger partial charge in [-0.05, 0) is 19.4 Å². The van der Waals surface area contributed by atoms with Crippen molar-refractivity contribution in [2.24, 2.45) is 5.92 Å². The number of benzene rings is 1. The Hall–Kier alpha value is -2.15. The number of amides is 1. The van der Waals surface area contributed by atoms with Gasteiger partial charge < -0.3 is 15.7 Å². The predicted molar refractivity (Wildman–Crippen MR) is 73.2 cm³/mol. The Bertz CT molecular complexity index is 544. The molecule has 7 nitrogen and oxygen atoms in total. The maximum Gasteiger partial charge on any atom is 0.292 e. The van der Waals surface area contributed by atoms with Crippen LogP contribution in [0.15, 0.2) is 18.2 Å². The minimum Gasteiger partial charge on any atom is -0.393 e. The molecule has 1 aliphatic heterocycles. The van der Waals surface area contributed by atoms with Gasteiger partial charge in [-0.25, -0.2) is 0 Å². The van der Waals surface area contributed by atoms with Gasteiger partial charge >= 0.3 is 0 Å². The Morgan fingerprint density at radius 2 is 2.30 bits per heavy atom. The van der Waals surface area contributed by atoms with Crippen LogP contribution in [0.3, 0.4) is 0 Å². The fourth-order valence-corrected chi connectivity index (χ4v) is 2.43. The minimum atomic E-state index is -0.602. The maximum absolute atomic E-state index is 12.4. The van der Waals surface area contributed by atoms with Crippen LogP contribution in [-0.4, -0.2) is 40.0 Å². The van der Waals surface area contributed by atoms with Crippen LogP contribution in [0.4, 0.5) is 11.4 Å². The Morgan fingerprint density at radius 3 is 2.85 bits per heavy atom. The van der Waals surface area contributed by atoms with Crippen LogP contribution in [0.25, 0.3) is 0 Å². The number of nitro groups is 1. The molecule has 2 unspecified atom stereocenters. The van der Waals surface area contributed by atoms with Crippen LogP contribution in [-0.2, 0) is 0 Å². The number of hydrogen-bond acceptors (Lipinski definition) is 5. The molecule has 1 fully saturated rings. The summed E-state index contributed by atoms with van der Waals surface area (Å²) in [7, 11) is 0. The van der Waals surface area contributed by atoms with Crippen LogP contribution in [0, 0.1) is 16.0 Å². The number of aliphatic hydroxyl groups is 1. The Labute approximate surface area is 116 Å². The van der Waals surface area contributed by atoms with E-state index >= 15 is 0 Å². The first-order valence-electron chi connectivity index (χ1n) is 6.42. The van der Waals surface area contributed by atoms with Gasteiger partial charge in [0.25, 0.3) is 11.6 Å². The number of nitrogens with zero attached hydrogens (tertiary/aromatic N) is 2. The van der Waals surface area contributed by atoms with Gasteiger partial charge in [0.2, 0.25) is 0 Å². The molecule has 1 aromatic carbocycles. The van der Waals surface area contributed by atoms with Crippen molar-refractivity contribution in [3.63, 3.8) is 0 Å². The fraction of sp³-hybridized carbons (Fsp3) is 0.462. The zero-order valence-corrected chi connectivity index (χ0v) is 11.2. The monoisotopic (exact) mass is 279 g/mol. The highest BCUT2D eigenvalue weighted by molar-refractivity contribution is 6.01.